The number of benzene rings is 2. The number of allylic oxidation sites excluding steroid dienone is 1. The zero-order valence-corrected chi connectivity index (χ0v) is 13.3. The Balaban J connectivity index is 1.71. The highest BCUT2D eigenvalue weighted by molar-refractivity contribution is 5.87. The zero-order chi connectivity index (χ0) is 15.2. The van der Waals surface area contributed by atoms with Crippen LogP contribution in [0.3, 0.4) is 0 Å². The van der Waals surface area contributed by atoms with Crippen LogP contribution in [0.2, 0.25) is 0 Å². The molecule has 0 aromatic heterocycles. The van der Waals surface area contributed by atoms with Gasteiger partial charge in [-0.1, -0.05) is 42.8 Å². The predicted molar refractivity (Wildman–Crippen MR) is 93.6 cm³/mol. The molecule has 1 fully saturated rings. The van der Waals surface area contributed by atoms with Crippen LogP contribution in [0, 0.1) is 0 Å². The second kappa shape index (κ2) is 7.46. The van der Waals surface area contributed by atoms with Gasteiger partial charge in [0.15, 0.2) is 0 Å². The largest absolute Gasteiger partial charge is 0.492 e. The van der Waals surface area contributed by atoms with Crippen molar-refractivity contribution in [2.24, 2.45) is 0 Å². The van der Waals surface area contributed by atoms with E-state index in [1.807, 2.05) is 6.08 Å². The van der Waals surface area contributed by atoms with Crippen LogP contribution in [-0.4, -0.2) is 31.1 Å². The van der Waals surface area contributed by atoms with Gasteiger partial charge in [-0.05, 0) is 49.2 Å². The molecule has 0 spiro atoms. The van der Waals surface area contributed by atoms with E-state index in [0.717, 1.165) is 25.3 Å². The van der Waals surface area contributed by atoms with E-state index in [2.05, 4.69) is 47.9 Å². The van der Waals surface area contributed by atoms with Crippen LogP contribution in [0.4, 0.5) is 0 Å². The van der Waals surface area contributed by atoms with Crippen molar-refractivity contribution in [3.8, 4) is 5.75 Å². The molecular weight excluding hydrogens is 270 g/mol. The Morgan fingerprint density at radius 2 is 1.86 bits per heavy atom. The first-order chi connectivity index (χ1) is 10.9. The molecule has 2 nitrogen and oxygen atoms in total. The maximum absolute atomic E-state index is 6.11. The summed E-state index contributed by atoms with van der Waals surface area (Å²) < 4.78 is 6.11. The minimum Gasteiger partial charge on any atom is -0.492 e. The lowest BCUT2D eigenvalue weighted by atomic mass is 10.0. The highest BCUT2D eigenvalue weighted by atomic mass is 16.5. The third-order valence-electron chi connectivity index (χ3n) is 4.46. The minimum atomic E-state index is 0.766. The number of likely N-dealkylation sites (tertiary alicyclic amines) is 1. The number of rotatable bonds is 6. The Kier molecular flexibility index (Phi) is 5.12. The average molecular weight is 295 g/mol. The molecule has 1 aliphatic rings. The predicted octanol–water partition coefficient (Wildman–Crippen LogP) is 4.43. The Morgan fingerprint density at radius 1 is 1.05 bits per heavy atom. The SMILES string of the molecule is C=CCc1c(OCCN2CCCCC2)ccc2ccccc12. The van der Waals surface area contributed by atoms with Crippen LogP contribution in [0.15, 0.2) is 49.1 Å². The van der Waals surface area contributed by atoms with Gasteiger partial charge in [0.25, 0.3) is 0 Å². The molecular formula is C20H25NO. The topological polar surface area (TPSA) is 12.5 Å². The first kappa shape index (κ1) is 15.1. The Bertz CT molecular complexity index is 629. The van der Waals surface area contributed by atoms with Gasteiger partial charge in [0.2, 0.25) is 0 Å². The summed E-state index contributed by atoms with van der Waals surface area (Å²) in [6, 6.07) is 12.8. The summed E-state index contributed by atoms with van der Waals surface area (Å²) in [5.74, 6) is 1.01. The maximum atomic E-state index is 6.11. The molecule has 2 aromatic rings. The number of hydrogen-bond donors (Lipinski definition) is 0. The van der Waals surface area contributed by atoms with E-state index in [1.54, 1.807) is 0 Å². The summed E-state index contributed by atoms with van der Waals surface area (Å²) in [6.45, 7) is 8.13. The summed E-state index contributed by atoms with van der Waals surface area (Å²) in [5.41, 5.74) is 1.26. The van der Waals surface area contributed by atoms with Crippen LogP contribution in [0.25, 0.3) is 10.8 Å². The normalized spacial score (nSPS) is 15.8. The van der Waals surface area contributed by atoms with E-state index in [1.165, 1.54) is 48.7 Å². The summed E-state index contributed by atoms with van der Waals surface area (Å²) in [7, 11) is 0. The smallest absolute Gasteiger partial charge is 0.123 e. The highest BCUT2D eigenvalue weighted by Gasteiger charge is 2.11. The number of ether oxygens (including phenoxy) is 1. The number of hydrogen-bond acceptors (Lipinski definition) is 2. The summed E-state index contributed by atoms with van der Waals surface area (Å²) in [4.78, 5) is 2.51. The fraction of sp³-hybridized carbons (Fsp3) is 0.400. The molecule has 0 unspecified atom stereocenters. The fourth-order valence-electron chi connectivity index (χ4n) is 3.27. The molecule has 116 valence electrons. The van der Waals surface area contributed by atoms with E-state index < -0.39 is 0 Å². The lowest BCUT2D eigenvalue weighted by Gasteiger charge is -2.26. The maximum Gasteiger partial charge on any atom is 0.123 e. The van der Waals surface area contributed by atoms with Gasteiger partial charge < -0.3 is 4.74 Å². The van der Waals surface area contributed by atoms with Gasteiger partial charge in [0.1, 0.15) is 12.4 Å². The van der Waals surface area contributed by atoms with Gasteiger partial charge in [-0.3, -0.25) is 4.90 Å². The quantitative estimate of drug-likeness (QED) is 0.731. The highest BCUT2D eigenvalue weighted by Crippen LogP contribution is 2.28. The molecule has 0 N–H and O–H groups in total. The van der Waals surface area contributed by atoms with Crippen molar-refractivity contribution in [2.75, 3.05) is 26.2 Å². The number of fused-ring (bicyclic) bond motifs is 1. The molecule has 1 heterocycles. The average Bonchev–Trinajstić information content (AvgIpc) is 2.58. The molecule has 0 amide bonds. The van der Waals surface area contributed by atoms with Gasteiger partial charge >= 0.3 is 0 Å². The van der Waals surface area contributed by atoms with Gasteiger partial charge in [0, 0.05) is 12.1 Å². The van der Waals surface area contributed by atoms with Crippen molar-refractivity contribution in [2.45, 2.75) is 25.7 Å². The molecule has 1 aliphatic heterocycles. The second-order valence-corrected chi connectivity index (χ2v) is 6.01. The first-order valence-corrected chi connectivity index (χ1v) is 8.35. The summed E-state index contributed by atoms with van der Waals surface area (Å²) in [6.07, 6.45) is 6.85. The Morgan fingerprint density at radius 3 is 2.68 bits per heavy atom. The molecule has 0 saturated carbocycles. The fourth-order valence-corrected chi connectivity index (χ4v) is 3.27. The van der Waals surface area contributed by atoms with Gasteiger partial charge in [0.05, 0.1) is 0 Å². The van der Waals surface area contributed by atoms with Crippen LogP contribution >= 0.6 is 0 Å². The van der Waals surface area contributed by atoms with E-state index >= 15 is 0 Å². The van der Waals surface area contributed by atoms with Crippen LogP contribution in [0.5, 0.6) is 5.75 Å². The summed E-state index contributed by atoms with van der Waals surface area (Å²) in [5, 5.41) is 2.54. The molecule has 2 heteroatoms. The third-order valence-corrected chi connectivity index (χ3v) is 4.46. The van der Waals surface area contributed by atoms with Crippen molar-refractivity contribution in [1.29, 1.82) is 0 Å². The number of nitrogens with zero attached hydrogens (tertiary/aromatic N) is 1. The Labute approximate surface area is 133 Å². The lowest BCUT2D eigenvalue weighted by molar-refractivity contribution is 0.183. The molecule has 3 rings (SSSR count). The van der Waals surface area contributed by atoms with Crippen LogP contribution < -0.4 is 4.74 Å². The monoisotopic (exact) mass is 295 g/mol. The van der Waals surface area contributed by atoms with E-state index in [-0.39, 0.29) is 0 Å². The van der Waals surface area contributed by atoms with E-state index in [4.69, 9.17) is 4.74 Å². The molecule has 22 heavy (non-hydrogen) atoms. The van der Waals surface area contributed by atoms with Crippen LogP contribution in [-0.2, 0) is 6.42 Å². The van der Waals surface area contributed by atoms with Crippen molar-refractivity contribution in [1.82, 2.24) is 4.90 Å². The third kappa shape index (κ3) is 3.50. The van der Waals surface area contributed by atoms with Crippen molar-refractivity contribution in [3.63, 3.8) is 0 Å². The lowest BCUT2D eigenvalue weighted by Crippen LogP contribution is -2.33. The second-order valence-electron chi connectivity index (χ2n) is 6.01. The van der Waals surface area contributed by atoms with Gasteiger partial charge in [-0.15, -0.1) is 6.58 Å². The van der Waals surface area contributed by atoms with Gasteiger partial charge in [-0.25, -0.2) is 0 Å². The number of piperidine rings is 1. The Hall–Kier alpha value is -1.80. The van der Waals surface area contributed by atoms with Gasteiger partial charge in [-0.2, -0.15) is 0 Å². The molecule has 1 saturated heterocycles. The first-order valence-electron chi connectivity index (χ1n) is 8.35. The van der Waals surface area contributed by atoms with Crippen molar-refractivity contribution in [3.05, 3.63) is 54.6 Å². The van der Waals surface area contributed by atoms with Crippen molar-refractivity contribution >= 4 is 10.8 Å². The molecule has 2 aromatic carbocycles. The molecule has 0 bridgehead atoms. The summed E-state index contributed by atoms with van der Waals surface area (Å²) >= 11 is 0. The van der Waals surface area contributed by atoms with E-state index in [0.29, 0.717) is 0 Å². The van der Waals surface area contributed by atoms with Crippen LogP contribution in [0.1, 0.15) is 24.8 Å². The molecule has 0 atom stereocenters. The standard InChI is InChI=1S/C20H25NO/c1-2-8-19-18-10-5-4-9-17(18)11-12-20(19)22-16-15-21-13-6-3-7-14-21/h2,4-5,9-12H,1,3,6-8,13-16H2. The van der Waals surface area contributed by atoms with E-state index in [9.17, 15) is 0 Å². The molecule has 0 radical (unpaired) electrons. The van der Waals surface area contributed by atoms with Crippen molar-refractivity contribution < 1.29 is 4.74 Å². The molecule has 0 aliphatic carbocycles. The minimum absolute atomic E-state index is 0.766. The zero-order valence-electron chi connectivity index (χ0n) is 13.3.